The standard InChI is InChI=1S/C18H31N5O3S2/c19-28(24,25)13-7-2-1-6-12-23(26-14-16-8-4-3-5-9-16)18(27)22-17-10-11-20-15-21-17/h10-11,15-16H,1-9,12-14H2,(H2,19,24,25)(H,20,21,22,27). The Balaban J connectivity index is 1.79. The van der Waals surface area contributed by atoms with E-state index in [0.29, 0.717) is 36.4 Å². The normalized spacial score (nSPS) is 15.3. The van der Waals surface area contributed by atoms with E-state index in [-0.39, 0.29) is 5.75 Å². The highest BCUT2D eigenvalue weighted by molar-refractivity contribution is 7.89. The van der Waals surface area contributed by atoms with Crippen LogP contribution in [0.25, 0.3) is 0 Å². The van der Waals surface area contributed by atoms with E-state index in [1.807, 2.05) is 0 Å². The van der Waals surface area contributed by atoms with Gasteiger partial charge in [0.1, 0.15) is 12.1 Å². The summed E-state index contributed by atoms with van der Waals surface area (Å²) in [6.07, 6.45) is 12.5. The Morgan fingerprint density at radius 1 is 1.25 bits per heavy atom. The first-order valence-corrected chi connectivity index (χ1v) is 12.0. The maximum Gasteiger partial charge on any atom is 0.209 e. The van der Waals surface area contributed by atoms with Crippen LogP contribution in [0.15, 0.2) is 18.6 Å². The number of aromatic nitrogens is 2. The van der Waals surface area contributed by atoms with E-state index in [4.69, 9.17) is 22.2 Å². The van der Waals surface area contributed by atoms with E-state index in [1.54, 1.807) is 17.3 Å². The van der Waals surface area contributed by atoms with Gasteiger partial charge in [0.05, 0.1) is 12.4 Å². The Bertz CT molecular complexity index is 682. The van der Waals surface area contributed by atoms with E-state index in [1.165, 1.54) is 38.4 Å². The van der Waals surface area contributed by atoms with Gasteiger partial charge in [-0.1, -0.05) is 32.1 Å². The molecule has 1 aromatic rings. The number of nitrogens with two attached hydrogens (primary N) is 1. The van der Waals surface area contributed by atoms with E-state index in [2.05, 4.69) is 15.3 Å². The molecule has 0 aromatic carbocycles. The minimum Gasteiger partial charge on any atom is -0.315 e. The second-order valence-corrected chi connectivity index (χ2v) is 9.33. The van der Waals surface area contributed by atoms with Gasteiger partial charge in [0, 0.05) is 12.7 Å². The third-order valence-electron chi connectivity index (χ3n) is 4.77. The van der Waals surface area contributed by atoms with Crippen LogP contribution >= 0.6 is 12.2 Å². The molecule has 2 rings (SSSR count). The fourth-order valence-corrected chi connectivity index (χ4v) is 4.08. The van der Waals surface area contributed by atoms with Crippen LogP contribution in [0.2, 0.25) is 0 Å². The molecule has 1 fully saturated rings. The molecule has 0 bridgehead atoms. The van der Waals surface area contributed by atoms with E-state index < -0.39 is 10.0 Å². The van der Waals surface area contributed by atoms with Crippen molar-refractivity contribution in [3.05, 3.63) is 18.6 Å². The van der Waals surface area contributed by atoms with Gasteiger partial charge in [-0.25, -0.2) is 28.6 Å². The third-order valence-corrected chi connectivity index (χ3v) is 5.94. The molecular weight excluding hydrogens is 398 g/mol. The number of hydroxylamine groups is 2. The number of hydrogen-bond acceptors (Lipinski definition) is 6. The summed E-state index contributed by atoms with van der Waals surface area (Å²) in [4.78, 5) is 14.1. The largest absolute Gasteiger partial charge is 0.315 e. The van der Waals surface area contributed by atoms with Gasteiger partial charge < -0.3 is 5.32 Å². The van der Waals surface area contributed by atoms with Gasteiger partial charge in [0.15, 0.2) is 5.11 Å². The summed E-state index contributed by atoms with van der Waals surface area (Å²) in [5.74, 6) is 1.23. The van der Waals surface area contributed by atoms with Crippen molar-refractivity contribution in [1.29, 1.82) is 0 Å². The van der Waals surface area contributed by atoms with Crippen molar-refractivity contribution in [3.63, 3.8) is 0 Å². The van der Waals surface area contributed by atoms with Crippen molar-refractivity contribution in [2.45, 2.75) is 57.8 Å². The molecule has 3 N–H and O–H groups in total. The number of unbranched alkanes of at least 4 members (excludes halogenated alkanes) is 3. The Labute approximate surface area is 173 Å². The second-order valence-electron chi connectivity index (χ2n) is 7.21. The van der Waals surface area contributed by atoms with E-state index in [0.717, 1.165) is 19.3 Å². The molecule has 0 spiro atoms. The fourth-order valence-electron chi connectivity index (χ4n) is 3.22. The van der Waals surface area contributed by atoms with Crippen molar-refractivity contribution < 1.29 is 13.3 Å². The molecule has 0 aliphatic heterocycles. The minimum atomic E-state index is -3.37. The summed E-state index contributed by atoms with van der Waals surface area (Å²) in [6.45, 7) is 1.30. The van der Waals surface area contributed by atoms with Crippen LogP contribution in [-0.2, 0) is 14.9 Å². The van der Waals surface area contributed by atoms with Crippen molar-refractivity contribution in [2.75, 3.05) is 24.2 Å². The lowest BCUT2D eigenvalue weighted by atomic mass is 9.90. The topological polar surface area (TPSA) is 110 Å². The van der Waals surface area contributed by atoms with Crippen molar-refractivity contribution in [1.82, 2.24) is 15.0 Å². The highest BCUT2D eigenvalue weighted by Gasteiger charge is 2.17. The van der Waals surface area contributed by atoms with Crippen molar-refractivity contribution in [2.24, 2.45) is 11.1 Å². The monoisotopic (exact) mass is 429 g/mol. The van der Waals surface area contributed by atoms with Crippen LogP contribution in [0.3, 0.4) is 0 Å². The van der Waals surface area contributed by atoms with Crippen LogP contribution in [0.5, 0.6) is 0 Å². The van der Waals surface area contributed by atoms with Gasteiger partial charge in [0.25, 0.3) is 0 Å². The Morgan fingerprint density at radius 2 is 2.00 bits per heavy atom. The third kappa shape index (κ3) is 9.72. The molecule has 1 heterocycles. The highest BCUT2D eigenvalue weighted by Crippen LogP contribution is 2.24. The molecule has 158 valence electrons. The van der Waals surface area contributed by atoms with Gasteiger partial charge in [-0.15, -0.1) is 0 Å². The van der Waals surface area contributed by atoms with Gasteiger partial charge in [-0.3, -0.25) is 4.84 Å². The number of primary sulfonamides is 1. The Kier molecular flexibility index (Phi) is 10.0. The summed E-state index contributed by atoms with van der Waals surface area (Å²) in [5, 5.41) is 10.3. The first kappa shape index (κ1) is 22.9. The Hall–Kier alpha value is -1.36. The lowest BCUT2D eigenvalue weighted by Crippen LogP contribution is -2.37. The number of thiocarbonyl (C=S) groups is 1. The second kappa shape index (κ2) is 12.3. The number of anilines is 1. The lowest BCUT2D eigenvalue weighted by Gasteiger charge is -2.28. The summed E-state index contributed by atoms with van der Waals surface area (Å²) in [5.41, 5.74) is 0. The molecule has 1 aliphatic rings. The van der Waals surface area contributed by atoms with Crippen molar-refractivity contribution in [3.8, 4) is 0 Å². The van der Waals surface area contributed by atoms with Crippen LogP contribution < -0.4 is 10.5 Å². The molecule has 0 saturated heterocycles. The first-order valence-electron chi connectivity index (χ1n) is 9.92. The number of hydrogen-bond donors (Lipinski definition) is 2. The predicted octanol–water partition coefficient (Wildman–Crippen LogP) is 2.84. The van der Waals surface area contributed by atoms with E-state index >= 15 is 0 Å². The molecule has 0 atom stereocenters. The number of nitrogens with zero attached hydrogens (tertiary/aromatic N) is 3. The van der Waals surface area contributed by atoms with Crippen LogP contribution in [-0.4, -0.2) is 47.5 Å². The summed E-state index contributed by atoms with van der Waals surface area (Å²) in [6, 6.07) is 1.75. The number of nitrogens with one attached hydrogen (secondary N) is 1. The van der Waals surface area contributed by atoms with Crippen LogP contribution in [0.4, 0.5) is 5.82 Å². The zero-order valence-corrected chi connectivity index (χ0v) is 17.9. The molecule has 1 saturated carbocycles. The molecule has 10 heteroatoms. The summed E-state index contributed by atoms with van der Waals surface area (Å²) >= 11 is 5.51. The zero-order valence-electron chi connectivity index (χ0n) is 16.3. The SMILES string of the molecule is NS(=O)(=O)CCCCCCN(OCC1CCCCC1)C(=S)Nc1ccncn1. The summed E-state index contributed by atoms with van der Waals surface area (Å²) < 4.78 is 22.0. The number of rotatable bonds is 11. The maximum atomic E-state index is 11.0. The Morgan fingerprint density at radius 3 is 2.68 bits per heavy atom. The molecule has 1 aromatic heterocycles. The molecule has 8 nitrogen and oxygen atoms in total. The van der Waals surface area contributed by atoms with Gasteiger partial charge >= 0.3 is 0 Å². The van der Waals surface area contributed by atoms with Gasteiger partial charge in [-0.2, -0.15) is 0 Å². The average Bonchev–Trinajstić information content (AvgIpc) is 2.67. The fraction of sp³-hybridized carbons (Fsp3) is 0.722. The molecule has 28 heavy (non-hydrogen) atoms. The van der Waals surface area contributed by atoms with Gasteiger partial charge in [0.2, 0.25) is 10.0 Å². The van der Waals surface area contributed by atoms with Crippen LogP contribution in [0.1, 0.15) is 57.8 Å². The quantitative estimate of drug-likeness (QED) is 0.314. The van der Waals surface area contributed by atoms with Crippen LogP contribution in [0, 0.1) is 5.92 Å². The molecule has 0 radical (unpaired) electrons. The van der Waals surface area contributed by atoms with Crippen molar-refractivity contribution >= 4 is 33.2 Å². The smallest absolute Gasteiger partial charge is 0.209 e. The van der Waals surface area contributed by atoms with E-state index in [9.17, 15) is 8.42 Å². The first-order chi connectivity index (χ1) is 13.4. The average molecular weight is 430 g/mol. The zero-order chi connectivity index (χ0) is 20.2. The minimum absolute atomic E-state index is 0.0303. The summed E-state index contributed by atoms with van der Waals surface area (Å²) in [7, 11) is -3.37. The lowest BCUT2D eigenvalue weighted by molar-refractivity contribution is -0.115. The maximum absolute atomic E-state index is 11.0. The molecular formula is C18H31N5O3S2. The number of sulfonamides is 1. The molecule has 0 unspecified atom stereocenters. The predicted molar refractivity (Wildman–Crippen MR) is 114 cm³/mol. The van der Waals surface area contributed by atoms with Gasteiger partial charge in [-0.05, 0) is 49.9 Å². The highest BCUT2D eigenvalue weighted by atomic mass is 32.2. The molecule has 0 amide bonds. The molecule has 1 aliphatic carbocycles.